The van der Waals surface area contributed by atoms with Gasteiger partial charge < -0.3 is 75.0 Å². The molecule has 19 heteroatoms. The van der Waals surface area contributed by atoms with Crippen LogP contribution in [0.1, 0.15) is 126 Å². The largest absolute Gasteiger partial charge is 0.479 e. The van der Waals surface area contributed by atoms with Crippen LogP contribution in [-0.2, 0) is 47.6 Å². The van der Waals surface area contributed by atoms with Gasteiger partial charge in [0.2, 0.25) is 17.7 Å². The fraction of sp³-hybridized carbons (Fsp3) is 0.911. The van der Waals surface area contributed by atoms with Crippen molar-refractivity contribution >= 4 is 23.7 Å². The molecule has 0 aromatic carbocycles. The average molecular weight is 918 g/mol. The summed E-state index contributed by atoms with van der Waals surface area (Å²) in [6.45, 7) is 14.3. The van der Waals surface area contributed by atoms with Crippen molar-refractivity contribution in [1.82, 2.24) is 16.0 Å². The summed E-state index contributed by atoms with van der Waals surface area (Å²) in [4.78, 5) is 52.5. The number of ether oxygens (including phenoxy) is 6. The van der Waals surface area contributed by atoms with E-state index in [0.717, 1.165) is 38.5 Å². The molecule has 4 aliphatic rings. The van der Waals surface area contributed by atoms with E-state index >= 15 is 0 Å². The minimum atomic E-state index is -1.66. The molecule has 0 aromatic heterocycles. The minimum Gasteiger partial charge on any atom is -0.479 e. The van der Waals surface area contributed by atoms with E-state index in [9.17, 15) is 49.8 Å². The summed E-state index contributed by atoms with van der Waals surface area (Å²) in [6, 6.07) is -1.32. The number of aliphatic carboxylic acids is 1. The Hall–Kier alpha value is -2.56. The number of carboxylic acid groups (broad SMARTS) is 1. The molecule has 0 radical (unpaired) electrons. The molecule has 0 bridgehead atoms. The highest BCUT2D eigenvalue weighted by molar-refractivity contribution is 5.82. The summed E-state index contributed by atoms with van der Waals surface area (Å²) in [5, 5.41) is 72.7. The number of rotatable bonds is 22. The van der Waals surface area contributed by atoms with Crippen LogP contribution in [-0.4, -0.2) is 166 Å². The lowest BCUT2D eigenvalue weighted by atomic mass is 9.75. The van der Waals surface area contributed by atoms with Crippen LogP contribution >= 0.6 is 0 Å². The van der Waals surface area contributed by atoms with Gasteiger partial charge in [-0.2, -0.15) is 0 Å². The molecule has 2 saturated carbocycles. The minimum absolute atomic E-state index is 0.00596. The average Bonchev–Trinajstić information content (AvgIpc) is 3.25. The van der Waals surface area contributed by atoms with Crippen LogP contribution in [0, 0.1) is 23.2 Å². The zero-order chi connectivity index (χ0) is 47.5. The number of hydrogen-bond donors (Lipinski definition) is 9. The molecule has 2 heterocycles. The third kappa shape index (κ3) is 14.7. The highest BCUT2D eigenvalue weighted by Gasteiger charge is 2.53. The van der Waals surface area contributed by atoms with Crippen molar-refractivity contribution in [2.45, 2.75) is 211 Å². The maximum Gasteiger partial charge on any atom is 0.332 e. The summed E-state index contributed by atoms with van der Waals surface area (Å²) < 4.78 is 37.2. The first kappa shape index (κ1) is 54.0. The monoisotopic (exact) mass is 918 g/mol. The second kappa shape index (κ2) is 24.5. The third-order valence-corrected chi connectivity index (χ3v) is 13.7. The van der Waals surface area contributed by atoms with Crippen LogP contribution in [0.4, 0.5) is 0 Å². The van der Waals surface area contributed by atoms with Gasteiger partial charge in [0.1, 0.15) is 42.7 Å². The van der Waals surface area contributed by atoms with Crippen molar-refractivity contribution in [1.29, 1.82) is 0 Å². The molecule has 3 amide bonds. The molecule has 0 spiro atoms. The molecule has 19 nitrogen and oxygen atoms in total. The Bertz CT molecular complexity index is 1500. The Morgan fingerprint density at radius 3 is 2.11 bits per heavy atom. The standard InChI is InChI=1S/C45H79N3O16/c1-9-27-21-28(39(55)46-17-18-47-43(58)44(5,6)16-19-59-45(7,8)10-2)22-29(37(27)64-42-36(54)35(53)33(51)24(3)60-42)62-41-32(48-25(4)50)38(34(52)31(23-49)63-41)61-30(40(56)57)20-26-14-12-11-13-15-26/h24,26-38,41-42,49,51-54H,9-23H2,1-8H3,(H,46,55)(H,47,58)(H,48,50)(H,56,57)/t24?,27-,28?,29?,30+,31+,32?,33?,34?,35?,36?,37?,38?,41-,42?/m1/s1. The Morgan fingerprint density at radius 1 is 0.828 bits per heavy atom. The number of carboxylic acids is 1. The summed E-state index contributed by atoms with van der Waals surface area (Å²) >= 11 is 0. The zero-order valence-electron chi connectivity index (χ0n) is 39.1. The van der Waals surface area contributed by atoms with Gasteiger partial charge in [0, 0.05) is 38.0 Å². The Morgan fingerprint density at radius 2 is 1.50 bits per heavy atom. The van der Waals surface area contributed by atoms with Gasteiger partial charge in [-0.3, -0.25) is 14.4 Å². The normalized spacial score (nSPS) is 34.7. The van der Waals surface area contributed by atoms with E-state index in [0.29, 0.717) is 19.4 Å². The molecule has 2 aliphatic heterocycles. The van der Waals surface area contributed by atoms with Crippen molar-refractivity contribution < 1.29 is 78.2 Å². The maximum absolute atomic E-state index is 13.9. The van der Waals surface area contributed by atoms with E-state index in [1.54, 1.807) is 0 Å². The highest BCUT2D eigenvalue weighted by atomic mass is 16.7. The lowest BCUT2D eigenvalue weighted by Gasteiger charge is -2.49. The third-order valence-electron chi connectivity index (χ3n) is 13.7. The molecule has 2 aliphatic carbocycles. The summed E-state index contributed by atoms with van der Waals surface area (Å²) in [6.07, 6.45) is -9.40. The Balaban J connectivity index is 1.57. The van der Waals surface area contributed by atoms with Crippen molar-refractivity contribution in [2.24, 2.45) is 23.2 Å². The molecule has 0 aromatic rings. The van der Waals surface area contributed by atoms with Gasteiger partial charge in [-0.05, 0) is 64.7 Å². The van der Waals surface area contributed by atoms with Crippen LogP contribution in [0.3, 0.4) is 0 Å². The molecule has 64 heavy (non-hydrogen) atoms. The topological polar surface area (TPSA) is 281 Å². The fourth-order valence-electron chi connectivity index (χ4n) is 9.12. The molecule has 4 rings (SSSR count). The van der Waals surface area contributed by atoms with Crippen LogP contribution in [0.5, 0.6) is 0 Å². The second-order valence-corrected chi connectivity index (χ2v) is 19.5. The number of hydrogen-bond acceptors (Lipinski definition) is 15. The quantitative estimate of drug-likeness (QED) is 0.0692. The van der Waals surface area contributed by atoms with Crippen molar-refractivity contribution in [3.63, 3.8) is 0 Å². The molecule has 2 saturated heterocycles. The highest BCUT2D eigenvalue weighted by Crippen LogP contribution is 2.40. The summed E-state index contributed by atoms with van der Waals surface area (Å²) in [5.74, 6) is -3.40. The van der Waals surface area contributed by atoms with Crippen LogP contribution in [0.15, 0.2) is 0 Å². The Labute approximate surface area is 378 Å². The van der Waals surface area contributed by atoms with E-state index in [1.807, 2.05) is 41.5 Å². The summed E-state index contributed by atoms with van der Waals surface area (Å²) in [5.41, 5.74) is -1.02. The first-order chi connectivity index (χ1) is 30.1. The van der Waals surface area contributed by atoms with E-state index in [-0.39, 0.29) is 55.7 Å². The van der Waals surface area contributed by atoms with Gasteiger partial charge in [-0.15, -0.1) is 0 Å². The lowest BCUT2D eigenvalue weighted by molar-refractivity contribution is -0.338. The van der Waals surface area contributed by atoms with E-state index < -0.39 is 115 Å². The van der Waals surface area contributed by atoms with Crippen molar-refractivity contribution in [3.05, 3.63) is 0 Å². The molecule has 370 valence electrons. The van der Waals surface area contributed by atoms with Crippen LogP contribution in [0.25, 0.3) is 0 Å². The number of carbonyl (C=O) groups excluding carboxylic acids is 3. The molecule has 15 atom stereocenters. The van der Waals surface area contributed by atoms with Gasteiger partial charge in [0.05, 0.1) is 30.5 Å². The first-order valence-electron chi connectivity index (χ1n) is 23.4. The van der Waals surface area contributed by atoms with E-state index in [1.165, 1.54) is 13.8 Å². The second-order valence-electron chi connectivity index (χ2n) is 19.5. The number of carbonyl (C=O) groups is 4. The van der Waals surface area contributed by atoms with E-state index in [2.05, 4.69) is 16.0 Å². The number of aliphatic hydroxyl groups excluding tert-OH is 5. The zero-order valence-corrected chi connectivity index (χ0v) is 39.1. The van der Waals surface area contributed by atoms with Gasteiger partial charge in [0.25, 0.3) is 0 Å². The van der Waals surface area contributed by atoms with Crippen LogP contribution in [0.2, 0.25) is 0 Å². The lowest BCUT2D eigenvalue weighted by Crippen LogP contribution is -2.67. The SMILES string of the molecule is CC[C@@H]1CC(C(=O)NCCNC(=O)C(C)(C)CCOC(C)(C)CC)CC(O[C@@H]2O[C@@H](CO)C(O)C(O[C@@H](CC3CCCCC3)C(=O)O)C2NC(C)=O)C1OC1OC(C)C(O)C(O)C1O. The van der Waals surface area contributed by atoms with Crippen molar-refractivity contribution in [2.75, 3.05) is 26.3 Å². The predicted octanol–water partition coefficient (Wildman–Crippen LogP) is 1.27. The number of amides is 3. The van der Waals surface area contributed by atoms with E-state index in [4.69, 9.17) is 28.4 Å². The van der Waals surface area contributed by atoms with Crippen molar-refractivity contribution in [3.8, 4) is 0 Å². The maximum atomic E-state index is 13.9. The van der Waals surface area contributed by atoms with Gasteiger partial charge in [0.15, 0.2) is 18.7 Å². The number of nitrogens with one attached hydrogen (secondary N) is 3. The van der Waals surface area contributed by atoms with Gasteiger partial charge in [-0.25, -0.2) is 4.79 Å². The van der Waals surface area contributed by atoms with Crippen LogP contribution < -0.4 is 16.0 Å². The Kier molecular flexibility index (Phi) is 20.7. The van der Waals surface area contributed by atoms with Gasteiger partial charge in [-0.1, -0.05) is 66.2 Å². The fourth-order valence-corrected chi connectivity index (χ4v) is 9.12. The van der Waals surface area contributed by atoms with Gasteiger partial charge >= 0.3 is 5.97 Å². The first-order valence-corrected chi connectivity index (χ1v) is 23.4. The smallest absolute Gasteiger partial charge is 0.332 e. The molecular weight excluding hydrogens is 838 g/mol. The molecule has 9 N–H and O–H groups in total. The summed E-state index contributed by atoms with van der Waals surface area (Å²) in [7, 11) is 0. The molecular formula is C45H79N3O16. The molecule has 4 fully saturated rings. The predicted molar refractivity (Wildman–Crippen MR) is 230 cm³/mol. The molecule has 11 unspecified atom stereocenters. The number of aliphatic hydroxyl groups is 5.